The van der Waals surface area contributed by atoms with Gasteiger partial charge in [0.05, 0.1) is 27.0 Å². The van der Waals surface area contributed by atoms with Crippen molar-refractivity contribution in [3.8, 4) is 10.6 Å². The van der Waals surface area contributed by atoms with E-state index in [2.05, 4.69) is 10.3 Å². The van der Waals surface area contributed by atoms with Gasteiger partial charge in [0, 0.05) is 11.1 Å². The van der Waals surface area contributed by atoms with Gasteiger partial charge in [-0.05, 0) is 42.5 Å². The maximum Gasteiger partial charge on any atom is 0.416 e. The Labute approximate surface area is 181 Å². The Hall–Kier alpha value is -3.40. The first-order valence-electron chi connectivity index (χ1n) is 9.08. The maximum atomic E-state index is 13.1. The van der Waals surface area contributed by atoms with Gasteiger partial charge in [0.25, 0.3) is 5.91 Å². The Kier molecular flexibility index (Phi) is 5.41. The molecule has 0 fully saturated rings. The summed E-state index contributed by atoms with van der Waals surface area (Å²) in [6.07, 6.45) is -10.1. The lowest BCUT2D eigenvalue weighted by Gasteiger charge is -2.15. The van der Waals surface area contributed by atoms with Gasteiger partial charge in [-0.1, -0.05) is 24.3 Å². The molecule has 0 unspecified atom stereocenters. The molecule has 1 aromatic heterocycles. The molecule has 0 bridgehead atoms. The van der Waals surface area contributed by atoms with Crippen LogP contribution in [-0.2, 0) is 12.4 Å². The lowest BCUT2D eigenvalue weighted by Crippen LogP contribution is -2.17. The summed E-state index contributed by atoms with van der Waals surface area (Å²) in [5, 5.41) is 2.96. The Balaban J connectivity index is 1.72. The van der Waals surface area contributed by atoms with Crippen LogP contribution in [0.15, 0.2) is 66.7 Å². The van der Waals surface area contributed by atoms with Crippen LogP contribution in [0.4, 0.5) is 32.0 Å². The Bertz CT molecular complexity index is 1240. The topological polar surface area (TPSA) is 42.0 Å². The standard InChI is InChI=1S/C22H12F6N2OS/c23-21(24,25)13-9-12(10-14(11-13)22(26,27)28)19(31)29-16-6-2-1-5-15(16)20-30-17-7-3-4-8-18(17)32-20/h1-11H,(H,29,31). The minimum atomic E-state index is -5.05. The van der Waals surface area contributed by atoms with Crippen LogP contribution in [0, 0.1) is 0 Å². The number of nitrogens with zero attached hydrogens (tertiary/aromatic N) is 1. The zero-order chi connectivity index (χ0) is 23.1. The number of aromatic nitrogens is 1. The van der Waals surface area contributed by atoms with E-state index >= 15 is 0 Å². The molecule has 0 spiro atoms. The quantitative estimate of drug-likeness (QED) is 0.323. The second kappa shape index (κ2) is 7.94. The molecule has 0 radical (unpaired) electrons. The smallest absolute Gasteiger partial charge is 0.321 e. The first-order chi connectivity index (χ1) is 15.0. The SMILES string of the molecule is O=C(Nc1ccccc1-c1nc2ccccc2s1)c1cc(C(F)(F)F)cc(C(F)(F)F)c1. The van der Waals surface area contributed by atoms with Crippen molar-refractivity contribution in [1.82, 2.24) is 4.98 Å². The molecular formula is C22H12F6N2OS. The highest BCUT2D eigenvalue weighted by Crippen LogP contribution is 2.37. The van der Waals surface area contributed by atoms with Crippen LogP contribution in [0.2, 0.25) is 0 Å². The summed E-state index contributed by atoms with van der Waals surface area (Å²) < 4.78 is 79.5. The van der Waals surface area contributed by atoms with Crippen LogP contribution in [0.25, 0.3) is 20.8 Å². The number of anilines is 1. The number of fused-ring (bicyclic) bond motifs is 1. The first-order valence-corrected chi connectivity index (χ1v) is 9.90. The number of alkyl halides is 6. The third-order valence-electron chi connectivity index (χ3n) is 4.55. The van der Waals surface area contributed by atoms with Crippen molar-refractivity contribution in [1.29, 1.82) is 0 Å². The minimum absolute atomic E-state index is 0.0220. The average molecular weight is 466 g/mol. The summed E-state index contributed by atoms with van der Waals surface area (Å²) in [7, 11) is 0. The first kappa shape index (κ1) is 21.8. The fraction of sp³-hybridized carbons (Fsp3) is 0.0909. The predicted molar refractivity (Wildman–Crippen MR) is 109 cm³/mol. The summed E-state index contributed by atoms with van der Waals surface area (Å²) in [4.78, 5) is 17.2. The number of amides is 1. The molecule has 0 aliphatic carbocycles. The largest absolute Gasteiger partial charge is 0.416 e. The van der Waals surface area contributed by atoms with Crippen molar-refractivity contribution in [2.75, 3.05) is 5.32 Å². The molecule has 0 aliphatic rings. The van der Waals surface area contributed by atoms with E-state index in [1.165, 1.54) is 17.4 Å². The molecular weight excluding hydrogens is 454 g/mol. The second-order valence-electron chi connectivity index (χ2n) is 6.78. The second-order valence-corrected chi connectivity index (χ2v) is 7.81. The van der Waals surface area contributed by atoms with Gasteiger partial charge in [0.15, 0.2) is 0 Å². The molecule has 4 aromatic rings. The Morgan fingerprint density at radius 2 is 1.41 bits per heavy atom. The van der Waals surface area contributed by atoms with Crippen molar-refractivity contribution in [3.05, 3.63) is 83.4 Å². The van der Waals surface area contributed by atoms with E-state index in [4.69, 9.17) is 0 Å². The number of hydrogen-bond acceptors (Lipinski definition) is 3. The highest BCUT2D eigenvalue weighted by Gasteiger charge is 2.37. The molecule has 10 heteroatoms. The number of nitrogens with one attached hydrogen (secondary N) is 1. The van der Waals surface area contributed by atoms with Crippen molar-refractivity contribution in [3.63, 3.8) is 0 Å². The van der Waals surface area contributed by atoms with E-state index in [1.807, 2.05) is 18.2 Å². The van der Waals surface area contributed by atoms with E-state index in [-0.39, 0.29) is 11.8 Å². The van der Waals surface area contributed by atoms with Crippen LogP contribution < -0.4 is 5.32 Å². The van der Waals surface area contributed by atoms with Crippen molar-refractivity contribution in [2.45, 2.75) is 12.4 Å². The summed E-state index contributed by atoms with van der Waals surface area (Å²) in [5.74, 6) is -1.10. The average Bonchev–Trinajstić information content (AvgIpc) is 3.16. The Morgan fingerprint density at radius 3 is 2.03 bits per heavy atom. The molecule has 4 rings (SSSR count). The van der Waals surface area contributed by atoms with Gasteiger partial charge in [-0.15, -0.1) is 11.3 Å². The number of thiazole rings is 1. The van der Waals surface area contributed by atoms with Gasteiger partial charge < -0.3 is 5.32 Å². The summed E-state index contributed by atoms with van der Waals surface area (Å²) in [6, 6.07) is 14.5. The summed E-state index contributed by atoms with van der Waals surface area (Å²) in [5.41, 5.74) is -2.45. The van der Waals surface area contributed by atoms with Crippen LogP contribution in [0.3, 0.4) is 0 Å². The molecule has 1 amide bonds. The lowest BCUT2D eigenvalue weighted by molar-refractivity contribution is -0.143. The third-order valence-corrected chi connectivity index (χ3v) is 5.62. The molecule has 0 saturated heterocycles. The molecule has 1 N–H and O–H groups in total. The highest BCUT2D eigenvalue weighted by atomic mass is 32.1. The fourth-order valence-corrected chi connectivity index (χ4v) is 4.05. The lowest BCUT2D eigenvalue weighted by atomic mass is 10.0. The van der Waals surface area contributed by atoms with Crippen molar-refractivity contribution >= 4 is 33.1 Å². The third kappa shape index (κ3) is 4.45. The molecule has 164 valence electrons. The number of hydrogen-bond donors (Lipinski definition) is 1. The monoisotopic (exact) mass is 466 g/mol. The van der Waals surface area contributed by atoms with E-state index in [1.54, 1.807) is 24.3 Å². The van der Waals surface area contributed by atoms with Gasteiger partial charge in [-0.3, -0.25) is 4.79 Å². The number of para-hydroxylation sites is 2. The van der Waals surface area contributed by atoms with Crippen molar-refractivity contribution < 1.29 is 31.1 Å². The normalized spacial score (nSPS) is 12.2. The molecule has 32 heavy (non-hydrogen) atoms. The minimum Gasteiger partial charge on any atom is -0.321 e. The van der Waals surface area contributed by atoms with E-state index in [0.717, 1.165) is 10.2 Å². The summed E-state index contributed by atoms with van der Waals surface area (Å²) >= 11 is 1.34. The highest BCUT2D eigenvalue weighted by molar-refractivity contribution is 7.21. The molecule has 0 aliphatic heterocycles. The zero-order valence-electron chi connectivity index (χ0n) is 15.9. The van der Waals surface area contributed by atoms with Crippen LogP contribution in [0.5, 0.6) is 0 Å². The summed E-state index contributed by atoms with van der Waals surface area (Å²) in [6.45, 7) is 0. The van der Waals surface area contributed by atoms with Crippen LogP contribution in [-0.4, -0.2) is 10.9 Å². The van der Waals surface area contributed by atoms with Crippen LogP contribution >= 0.6 is 11.3 Å². The predicted octanol–water partition coefficient (Wildman–Crippen LogP) is 7.25. The Morgan fingerprint density at radius 1 is 0.812 bits per heavy atom. The van der Waals surface area contributed by atoms with E-state index in [0.29, 0.717) is 22.7 Å². The molecule has 0 saturated carbocycles. The fourth-order valence-electron chi connectivity index (χ4n) is 3.05. The van der Waals surface area contributed by atoms with E-state index < -0.39 is 35.0 Å². The van der Waals surface area contributed by atoms with Gasteiger partial charge in [0.2, 0.25) is 0 Å². The molecule has 0 atom stereocenters. The number of carbonyl (C=O) groups excluding carboxylic acids is 1. The zero-order valence-corrected chi connectivity index (χ0v) is 16.7. The van der Waals surface area contributed by atoms with Gasteiger partial charge in [0.1, 0.15) is 5.01 Å². The number of carbonyl (C=O) groups is 1. The number of halogens is 6. The van der Waals surface area contributed by atoms with Gasteiger partial charge in [-0.25, -0.2) is 4.98 Å². The van der Waals surface area contributed by atoms with Gasteiger partial charge in [-0.2, -0.15) is 26.3 Å². The van der Waals surface area contributed by atoms with Crippen LogP contribution in [0.1, 0.15) is 21.5 Å². The van der Waals surface area contributed by atoms with Crippen molar-refractivity contribution in [2.24, 2.45) is 0 Å². The van der Waals surface area contributed by atoms with E-state index in [9.17, 15) is 31.1 Å². The number of rotatable bonds is 3. The molecule has 1 heterocycles. The molecule has 3 aromatic carbocycles. The number of benzene rings is 3. The van der Waals surface area contributed by atoms with Gasteiger partial charge >= 0.3 is 12.4 Å². The maximum absolute atomic E-state index is 13.1. The molecule has 3 nitrogen and oxygen atoms in total.